The van der Waals surface area contributed by atoms with E-state index < -0.39 is 0 Å². The molecule has 0 N–H and O–H groups in total. The van der Waals surface area contributed by atoms with E-state index in [2.05, 4.69) is 10.5 Å². The first-order valence-electron chi connectivity index (χ1n) is 8.44. The first-order valence-corrected chi connectivity index (χ1v) is 9.26. The van der Waals surface area contributed by atoms with E-state index in [9.17, 15) is 5.26 Å². The molecule has 0 saturated heterocycles. The number of fused-ring (bicyclic) bond motifs is 3. The molecule has 1 aliphatic rings. The summed E-state index contributed by atoms with van der Waals surface area (Å²) in [6, 6.07) is 10.3. The predicted molar refractivity (Wildman–Crippen MR) is 95.6 cm³/mol. The summed E-state index contributed by atoms with van der Waals surface area (Å²) >= 11 is 1.78. The third-order valence-electron chi connectivity index (χ3n) is 4.50. The number of hydrogen-bond donors (Lipinski definition) is 0. The number of aromatic nitrogens is 2. The van der Waals surface area contributed by atoms with Gasteiger partial charge in [0.1, 0.15) is 5.75 Å². The van der Waals surface area contributed by atoms with Crippen LogP contribution in [0.15, 0.2) is 24.3 Å². The summed E-state index contributed by atoms with van der Waals surface area (Å²) in [4.78, 5) is 7.35. The molecule has 0 amide bonds. The summed E-state index contributed by atoms with van der Waals surface area (Å²) in [5, 5.41) is 9.36. The highest BCUT2D eigenvalue weighted by Gasteiger charge is 2.24. The second-order valence-corrected chi connectivity index (χ2v) is 7.03. The highest BCUT2D eigenvalue weighted by Crippen LogP contribution is 2.37. The third kappa shape index (κ3) is 2.38. The highest BCUT2D eigenvalue weighted by molar-refractivity contribution is 7.17. The Labute approximate surface area is 145 Å². The van der Waals surface area contributed by atoms with Gasteiger partial charge in [0.15, 0.2) is 4.96 Å². The van der Waals surface area contributed by atoms with E-state index in [1.807, 2.05) is 31.2 Å². The van der Waals surface area contributed by atoms with Gasteiger partial charge in [0.05, 0.1) is 30.5 Å². The van der Waals surface area contributed by atoms with Crippen molar-refractivity contribution in [2.45, 2.75) is 39.0 Å². The molecule has 1 aliphatic carbocycles. The van der Waals surface area contributed by atoms with Crippen LogP contribution in [-0.2, 0) is 19.3 Å². The molecule has 2 aromatic heterocycles. The van der Waals surface area contributed by atoms with Crippen LogP contribution >= 0.6 is 11.3 Å². The smallest absolute Gasteiger partial charge is 0.194 e. The lowest BCUT2D eigenvalue weighted by molar-refractivity contribution is 0.341. The number of nitriles is 1. The molecule has 0 unspecified atom stereocenters. The molecule has 4 nitrogen and oxygen atoms in total. The van der Waals surface area contributed by atoms with Gasteiger partial charge in [-0.2, -0.15) is 5.26 Å². The van der Waals surface area contributed by atoms with Gasteiger partial charge >= 0.3 is 0 Å². The zero-order valence-corrected chi connectivity index (χ0v) is 14.5. The number of nitrogens with zero attached hydrogens (tertiary/aromatic N) is 3. The number of para-hydroxylation sites is 1. The van der Waals surface area contributed by atoms with Gasteiger partial charge in [0, 0.05) is 16.1 Å². The Kier molecular flexibility index (Phi) is 3.99. The van der Waals surface area contributed by atoms with Crippen LogP contribution in [0.25, 0.3) is 16.2 Å². The molecule has 122 valence electrons. The first kappa shape index (κ1) is 15.2. The van der Waals surface area contributed by atoms with Crippen molar-refractivity contribution in [1.82, 2.24) is 9.38 Å². The van der Waals surface area contributed by atoms with E-state index in [1.54, 1.807) is 11.3 Å². The van der Waals surface area contributed by atoms with Gasteiger partial charge in [-0.1, -0.05) is 12.1 Å². The van der Waals surface area contributed by atoms with E-state index in [1.165, 1.54) is 23.4 Å². The maximum atomic E-state index is 9.36. The molecule has 24 heavy (non-hydrogen) atoms. The number of rotatable bonds is 4. The molecular formula is C19H19N3OS. The van der Waals surface area contributed by atoms with Crippen LogP contribution in [0, 0.1) is 11.3 Å². The fourth-order valence-corrected chi connectivity index (χ4v) is 4.72. The Balaban J connectivity index is 1.95. The molecule has 0 fully saturated rings. The van der Waals surface area contributed by atoms with Gasteiger partial charge in [0.25, 0.3) is 0 Å². The van der Waals surface area contributed by atoms with Gasteiger partial charge in [-0.05, 0) is 44.7 Å². The van der Waals surface area contributed by atoms with Gasteiger partial charge in [-0.25, -0.2) is 4.98 Å². The minimum Gasteiger partial charge on any atom is -0.493 e. The molecule has 0 bridgehead atoms. The molecule has 5 heteroatoms. The standard InChI is InChI=1S/C19H19N3OS/c1-2-23-16-9-5-3-7-13(16)18-15(11-12-20)22-14-8-4-6-10-17(14)24-19(22)21-18/h3,5,7,9H,2,4,6,8,10-11H2,1H3. The third-order valence-corrected chi connectivity index (χ3v) is 5.65. The van der Waals surface area contributed by atoms with E-state index in [4.69, 9.17) is 9.72 Å². The fourth-order valence-electron chi connectivity index (χ4n) is 3.49. The normalized spacial score (nSPS) is 13.7. The number of hydrogen-bond acceptors (Lipinski definition) is 4. The van der Waals surface area contributed by atoms with Gasteiger partial charge in [-0.15, -0.1) is 11.3 Å². The average Bonchev–Trinajstić information content (AvgIpc) is 3.13. The molecule has 0 spiro atoms. The molecule has 3 aromatic rings. The van der Waals surface area contributed by atoms with Crippen molar-refractivity contribution in [2.75, 3.05) is 6.61 Å². The molecule has 0 aliphatic heterocycles. The molecule has 4 rings (SSSR count). The molecule has 1 aromatic carbocycles. The quantitative estimate of drug-likeness (QED) is 0.709. The second kappa shape index (κ2) is 6.29. The lowest BCUT2D eigenvalue weighted by Gasteiger charge is -2.13. The summed E-state index contributed by atoms with van der Waals surface area (Å²) in [6.07, 6.45) is 5.05. The van der Waals surface area contributed by atoms with E-state index in [0.29, 0.717) is 13.0 Å². The lowest BCUT2D eigenvalue weighted by atomic mass is 10.0. The van der Waals surface area contributed by atoms with Crippen molar-refractivity contribution in [3.63, 3.8) is 0 Å². The van der Waals surface area contributed by atoms with Crippen molar-refractivity contribution in [2.24, 2.45) is 0 Å². The number of thiazole rings is 1. The zero-order valence-electron chi connectivity index (χ0n) is 13.7. The zero-order chi connectivity index (χ0) is 16.5. The lowest BCUT2D eigenvalue weighted by Crippen LogP contribution is -2.05. The number of aryl methyl sites for hydroxylation is 2. The van der Waals surface area contributed by atoms with Crippen LogP contribution in [0.5, 0.6) is 5.75 Å². The summed E-state index contributed by atoms with van der Waals surface area (Å²) in [7, 11) is 0. The predicted octanol–water partition coefficient (Wildman–Crippen LogP) is 4.41. The molecule has 0 atom stereocenters. The SMILES string of the molecule is CCOc1ccccc1-c1nc2sc3c(n2c1CC#N)CCCC3. The van der Waals surface area contributed by atoms with Crippen LogP contribution in [0.4, 0.5) is 0 Å². The van der Waals surface area contributed by atoms with Crippen molar-refractivity contribution in [3.8, 4) is 23.1 Å². The van der Waals surface area contributed by atoms with Crippen LogP contribution < -0.4 is 4.74 Å². The van der Waals surface area contributed by atoms with Gasteiger partial charge < -0.3 is 4.74 Å². The van der Waals surface area contributed by atoms with Crippen LogP contribution in [0.1, 0.15) is 36.0 Å². The molecular weight excluding hydrogens is 318 g/mol. The minimum atomic E-state index is 0.361. The minimum absolute atomic E-state index is 0.361. The number of imidazole rings is 1. The van der Waals surface area contributed by atoms with E-state index in [-0.39, 0.29) is 0 Å². The van der Waals surface area contributed by atoms with Crippen LogP contribution in [0.2, 0.25) is 0 Å². The van der Waals surface area contributed by atoms with Crippen LogP contribution in [-0.4, -0.2) is 16.0 Å². The van der Waals surface area contributed by atoms with Gasteiger partial charge in [-0.3, -0.25) is 4.40 Å². The topological polar surface area (TPSA) is 50.3 Å². The Morgan fingerprint density at radius 3 is 2.96 bits per heavy atom. The fraction of sp³-hybridized carbons (Fsp3) is 0.368. The first-order chi connectivity index (χ1) is 11.8. The molecule has 2 heterocycles. The average molecular weight is 337 g/mol. The second-order valence-electron chi connectivity index (χ2n) is 5.97. The van der Waals surface area contributed by atoms with Crippen molar-refractivity contribution < 1.29 is 4.74 Å². The molecule has 0 radical (unpaired) electrons. The Morgan fingerprint density at radius 2 is 2.12 bits per heavy atom. The Bertz CT molecular complexity index is 932. The maximum absolute atomic E-state index is 9.36. The summed E-state index contributed by atoms with van der Waals surface area (Å²) in [5.41, 5.74) is 4.23. The monoisotopic (exact) mass is 337 g/mol. The summed E-state index contributed by atoms with van der Waals surface area (Å²) < 4.78 is 8.02. The Morgan fingerprint density at radius 1 is 1.29 bits per heavy atom. The van der Waals surface area contributed by atoms with Gasteiger partial charge in [0.2, 0.25) is 0 Å². The van der Waals surface area contributed by atoms with Crippen molar-refractivity contribution in [1.29, 1.82) is 5.26 Å². The largest absolute Gasteiger partial charge is 0.493 e. The molecule has 0 saturated carbocycles. The number of benzene rings is 1. The van der Waals surface area contributed by atoms with Crippen LogP contribution in [0.3, 0.4) is 0 Å². The summed E-state index contributed by atoms with van der Waals surface area (Å²) in [5.74, 6) is 0.832. The highest BCUT2D eigenvalue weighted by atomic mass is 32.1. The summed E-state index contributed by atoms with van der Waals surface area (Å²) in [6.45, 7) is 2.59. The van der Waals surface area contributed by atoms with Crippen molar-refractivity contribution in [3.05, 3.63) is 40.5 Å². The Hall–Kier alpha value is -2.32. The van der Waals surface area contributed by atoms with E-state index >= 15 is 0 Å². The number of ether oxygens (including phenoxy) is 1. The maximum Gasteiger partial charge on any atom is 0.194 e. The van der Waals surface area contributed by atoms with Crippen molar-refractivity contribution >= 4 is 16.3 Å². The van der Waals surface area contributed by atoms with E-state index in [0.717, 1.165) is 40.5 Å².